The van der Waals surface area contributed by atoms with E-state index in [0.717, 1.165) is 24.8 Å². The number of rotatable bonds is 6. The fraction of sp³-hybridized carbons (Fsp3) is 0.545. The van der Waals surface area contributed by atoms with Crippen LogP contribution in [0.1, 0.15) is 57.9 Å². The van der Waals surface area contributed by atoms with Gasteiger partial charge < -0.3 is 10.6 Å². The highest BCUT2D eigenvalue weighted by molar-refractivity contribution is 6.39. The predicted molar refractivity (Wildman–Crippen MR) is 111 cm³/mol. The fourth-order valence-corrected chi connectivity index (χ4v) is 3.88. The number of halogens is 1. The summed E-state index contributed by atoms with van der Waals surface area (Å²) in [6.45, 7) is 4.05. The van der Waals surface area contributed by atoms with Gasteiger partial charge in [0.15, 0.2) is 0 Å². The summed E-state index contributed by atoms with van der Waals surface area (Å²) in [5, 5.41) is 11.5. The maximum Gasteiger partial charge on any atom is 0.267 e. The van der Waals surface area contributed by atoms with E-state index < -0.39 is 0 Å². The summed E-state index contributed by atoms with van der Waals surface area (Å²) < 4.78 is 13.1. The summed E-state index contributed by atoms with van der Waals surface area (Å²) in [5.74, 6) is -0.869. The average Bonchev–Trinajstić information content (AvgIpc) is 2.71. The Morgan fingerprint density at radius 1 is 1.20 bits per heavy atom. The lowest BCUT2D eigenvalue weighted by Gasteiger charge is -2.30. The molecule has 1 aromatic carbocycles. The van der Waals surface area contributed by atoms with Crippen LogP contribution in [0.25, 0.3) is 0 Å². The SMILES string of the molecule is CC(C)NC(=O)C1CCCC(NC(=O)C2=NN(Cc3ccc(F)cc3)C(=O)CC2)C1. The maximum atomic E-state index is 13.1. The van der Waals surface area contributed by atoms with Crippen molar-refractivity contribution in [3.8, 4) is 0 Å². The van der Waals surface area contributed by atoms with Crippen molar-refractivity contribution in [3.05, 3.63) is 35.6 Å². The number of amides is 3. The third-order valence-electron chi connectivity index (χ3n) is 5.42. The van der Waals surface area contributed by atoms with E-state index in [9.17, 15) is 18.8 Å². The van der Waals surface area contributed by atoms with Crippen LogP contribution in [0.5, 0.6) is 0 Å². The van der Waals surface area contributed by atoms with Gasteiger partial charge in [-0.25, -0.2) is 9.40 Å². The Morgan fingerprint density at radius 3 is 2.63 bits per heavy atom. The van der Waals surface area contributed by atoms with Gasteiger partial charge in [0.1, 0.15) is 11.5 Å². The van der Waals surface area contributed by atoms with E-state index in [1.165, 1.54) is 17.1 Å². The first-order valence-electron chi connectivity index (χ1n) is 10.6. The Labute approximate surface area is 176 Å². The summed E-state index contributed by atoms with van der Waals surface area (Å²) in [4.78, 5) is 37.2. The molecular formula is C22H29FN4O3. The molecule has 0 spiro atoms. The second-order valence-corrected chi connectivity index (χ2v) is 8.32. The first kappa shape index (κ1) is 21.9. The standard InChI is InChI=1S/C22H29FN4O3/c1-14(2)24-21(29)16-4-3-5-18(12-16)25-22(30)19-10-11-20(28)27(26-19)13-15-6-8-17(23)9-7-15/h6-9,14,16,18H,3-5,10-13H2,1-2H3,(H,24,29)(H,25,30). The van der Waals surface area contributed by atoms with E-state index in [-0.39, 0.29) is 60.9 Å². The Morgan fingerprint density at radius 2 is 1.93 bits per heavy atom. The van der Waals surface area contributed by atoms with Gasteiger partial charge in [0.25, 0.3) is 5.91 Å². The minimum absolute atomic E-state index is 0.0371. The minimum atomic E-state index is -0.347. The zero-order chi connectivity index (χ0) is 21.7. The van der Waals surface area contributed by atoms with Crippen LogP contribution in [0.15, 0.2) is 29.4 Å². The zero-order valence-electron chi connectivity index (χ0n) is 17.5. The minimum Gasteiger partial charge on any atom is -0.354 e. The molecule has 1 aliphatic carbocycles. The molecule has 1 heterocycles. The molecule has 0 saturated heterocycles. The van der Waals surface area contributed by atoms with Crippen LogP contribution in [0.4, 0.5) is 4.39 Å². The van der Waals surface area contributed by atoms with E-state index in [1.807, 2.05) is 13.8 Å². The topological polar surface area (TPSA) is 90.9 Å². The quantitative estimate of drug-likeness (QED) is 0.747. The monoisotopic (exact) mass is 416 g/mol. The third kappa shape index (κ3) is 5.87. The van der Waals surface area contributed by atoms with Crippen LogP contribution in [0, 0.1) is 11.7 Å². The van der Waals surface area contributed by atoms with Gasteiger partial charge in [-0.15, -0.1) is 0 Å². The molecule has 1 aromatic rings. The molecule has 8 heteroatoms. The van der Waals surface area contributed by atoms with Crippen molar-refractivity contribution in [1.29, 1.82) is 0 Å². The molecule has 3 rings (SSSR count). The van der Waals surface area contributed by atoms with E-state index in [1.54, 1.807) is 12.1 Å². The van der Waals surface area contributed by atoms with Crippen LogP contribution in [-0.4, -0.2) is 40.5 Å². The third-order valence-corrected chi connectivity index (χ3v) is 5.42. The van der Waals surface area contributed by atoms with Crippen molar-refractivity contribution in [2.75, 3.05) is 0 Å². The molecule has 1 saturated carbocycles. The van der Waals surface area contributed by atoms with Gasteiger partial charge in [0.05, 0.1) is 6.54 Å². The van der Waals surface area contributed by atoms with E-state index >= 15 is 0 Å². The Kier molecular flexibility index (Phi) is 7.18. The first-order chi connectivity index (χ1) is 14.3. The van der Waals surface area contributed by atoms with Crippen molar-refractivity contribution in [1.82, 2.24) is 15.6 Å². The summed E-state index contributed by atoms with van der Waals surface area (Å²) in [5.41, 5.74) is 1.05. The maximum absolute atomic E-state index is 13.1. The van der Waals surface area contributed by atoms with Crippen LogP contribution >= 0.6 is 0 Å². The van der Waals surface area contributed by atoms with Gasteiger partial charge in [0.2, 0.25) is 11.8 Å². The number of benzene rings is 1. The van der Waals surface area contributed by atoms with Crippen molar-refractivity contribution in [3.63, 3.8) is 0 Å². The fourth-order valence-electron chi connectivity index (χ4n) is 3.88. The van der Waals surface area contributed by atoms with E-state index in [4.69, 9.17) is 0 Å². The number of hydrogen-bond acceptors (Lipinski definition) is 4. The average molecular weight is 416 g/mol. The van der Waals surface area contributed by atoms with Crippen LogP contribution in [-0.2, 0) is 20.9 Å². The molecule has 2 aliphatic rings. The first-order valence-corrected chi connectivity index (χ1v) is 10.6. The zero-order valence-corrected chi connectivity index (χ0v) is 17.5. The summed E-state index contributed by atoms with van der Waals surface area (Å²) in [6, 6.07) is 5.86. The lowest BCUT2D eigenvalue weighted by molar-refractivity contribution is -0.132. The van der Waals surface area contributed by atoms with E-state index in [0.29, 0.717) is 12.1 Å². The number of hydrogen-bond donors (Lipinski definition) is 2. The highest BCUT2D eigenvalue weighted by atomic mass is 19.1. The molecule has 0 radical (unpaired) electrons. The number of nitrogens with one attached hydrogen (secondary N) is 2. The predicted octanol–water partition coefficient (Wildman–Crippen LogP) is 2.50. The lowest BCUT2D eigenvalue weighted by Crippen LogP contribution is -2.46. The van der Waals surface area contributed by atoms with Crippen molar-refractivity contribution >= 4 is 23.4 Å². The van der Waals surface area contributed by atoms with Gasteiger partial charge in [-0.3, -0.25) is 14.4 Å². The molecule has 0 bridgehead atoms. The van der Waals surface area contributed by atoms with Gasteiger partial charge in [-0.2, -0.15) is 5.10 Å². The van der Waals surface area contributed by atoms with Crippen molar-refractivity contribution < 1.29 is 18.8 Å². The largest absolute Gasteiger partial charge is 0.354 e. The number of hydrazone groups is 1. The van der Waals surface area contributed by atoms with Crippen molar-refractivity contribution in [2.24, 2.45) is 11.0 Å². The second kappa shape index (κ2) is 9.82. The van der Waals surface area contributed by atoms with Crippen LogP contribution in [0.2, 0.25) is 0 Å². The molecule has 30 heavy (non-hydrogen) atoms. The molecule has 162 valence electrons. The number of carbonyl (C=O) groups is 3. The molecule has 0 aromatic heterocycles. The molecule has 1 fully saturated rings. The molecule has 2 N–H and O–H groups in total. The second-order valence-electron chi connectivity index (χ2n) is 8.32. The molecule has 7 nitrogen and oxygen atoms in total. The Balaban J connectivity index is 1.60. The van der Waals surface area contributed by atoms with Gasteiger partial charge in [-0.1, -0.05) is 18.6 Å². The summed E-state index contributed by atoms with van der Waals surface area (Å²) >= 11 is 0. The van der Waals surface area contributed by atoms with E-state index in [2.05, 4.69) is 15.7 Å². The number of nitrogens with zero attached hydrogens (tertiary/aromatic N) is 2. The Hall–Kier alpha value is -2.77. The van der Waals surface area contributed by atoms with Gasteiger partial charge >= 0.3 is 0 Å². The van der Waals surface area contributed by atoms with Crippen LogP contribution in [0.3, 0.4) is 0 Å². The molecule has 3 amide bonds. The van der Waals surface area contributed by atoms with Crippen LogP contribution < -0.4 is 10.6 Å². The lowest BCUT2D eigenvalue weighted by atomic mass is 9.85. The smallest absolute Gasteiger partial charge is 0.267 e. The molecule has 1 aliphatic heterocycles. The van der Waals surface area contributed by atoms with Gasteiger partial charge in [-0.05, 0) is 50.8 Å². The highest BCUT2D eigenvalue weighted by Crippen LogP contribution is 2.25. The Bertz CT molecular complexity index is 822. The summed E-state index contributed by atoms with van der Waals surface area (Å²) in [7, 11) is 0. The number of carbonyl (C=O) groups excluding carboxylic acids is 3. The van der Waals surface area contributed by atoms with Crippen molar-refractivity contribution in [2.45, 2.75) is 71.0 Å². The van der Waals surface area contributed by atoms with Gasteiger partial charge in [0, 0.05) is 30.8 Å². The normalized spacial score (nSPS) is 21.9. The highest BCUT2D eigenvalue weighted by Gasteiger charge is 2.30. The molecule has 2 unspecified atom stereocenters. The summed E-state index contributed by atoms with van der Waals surface area (Å²) in [6.07, 6.45) is 3.62. The molecule has 2 atom stereocenters. The molecular weight excluding hydrogens is 387 g/mol.